The van der Waals surface area contributed by atoms with E-state index in [2.05, 4.69) is 0 Å². The molecule has 0 nitrogen and oxygen atoms in total. The van der Waals surface area contributed by atoms with E-state index >= 15 is 0 Å². The Morgan fingerprint density at radius 3 is 2.40 bits per heavy atom. The molecule has 78 valence electrons. The van der Waals surface area contributed by atoms with E-state index in [9.17, 15) is 8.78 Å². The van der Waals surface area contributed by atoms with Crippen LogP contribution < -0.4 is 0 Å². The van der Waals surface area contributed by atoms with Crippen molar-refractivity contribution in [3.63, 3.8) is 0 Å². The Morgan fingerprint density at radius 1 is 1.13 bits per heavy atom. The number of benzene rings is 1. The number of alkyl halides is 2. The van der Waals surface area contributed by atoms with Crippen LogP contribution in [-0.2, 0) is 0 Å². The molecule has 0 aromatic heterocycles. The summed E-state index contributed by atoms with van der Waals surface area (Å²) in [7, 11) is 0. The van der Waals surface area contributed by atoms with Crippen molar-refractivity contribution < 1.29 is 8.78 Å². The largest absolute Gasteiger partial charge is 0.271 e. The minimum atomic E-state index is -2.69. The zero-order valence-corrected chi connectivity index (χ0v) is 10.0. The Balaban J connectivity index is 2.37. The van der Waals surface area contributed by atoms with Gasteiger partial charge in [-0.25, -0.2) is 8.78 Å². The number of hydrogen-bond donors (Lipinski definition) is 0. The summed E-state index contributed by atoms with van der Waals surface area (Å²) >= 11 is 2.00. The van der Waals surface area contributed by atoms with Gasteiger partial charge in [0, 0.05) is 10.0 Å². The first-order chi connectivity index (χ1) is 7.08. The third-order valence-electron chi connectivity index (χ3n) is 2.26. The first-order valence-corrected chi connectivity index (χ1v) is 5.67. The van der Waals surface area contributed by atoms with Crippen LogP contribution in [0.25, 0.3) is 5.57 Å². The number of hydrogen-bond acceptors (Lipinski definition) is 0. The van der Waals surface area contributed by atoms with Crippen LogP contribution in [0.3, 0.4) is 0 Å². The lowest BCUT2D eigenvalue weighted by atomic mass is 9.98. The summed E-state index contributed by atoms with van der Waals surface area (Å²) in [5.41, 5.74) is 1.90. The number of halogens is 3. The summed E-state index contributed by atoms with van der Waals surface area (Å²) in [6.45, 7) is 0. The molecule has 15 heavy (non-hydrogen) atoms. The van der Waals surface area contributed by atoms with E-state index in [4.69, 9.17) is 0 Å². The van der Waals surface area contributed by atoms with Gasteiger partial charge in [-0.05, 0) is 39.8 Å². The minimum absolute atomic E-state index is 0.186. The minimum Gasteiger partial charge on any atom is -0.202 e. The first-order valence-electron chi connectivity index (χ1n) is 4.60. The van der Waals surface area contributed by atoms with Crippen LogP contribution in [0, 0.1) is 0 Å². The molecule has 1 aliphatic carbocycles. The lowest BCUT2D eigenvalue weighted by Gasteiger charge is -2.18. The second-order valence-electron chi connectivity index (χ2n) is 3.46. The lowest BCUT2D eigenvalue weighted by Crippen LogP contribution is -2.15. The van der Waals surface area contributed by atoms with Crippen molar-refractivity contribution in [2.24, 2.45) is 0 Å². The standard InChI is InChI=1S/C12H9F2I/c13-12(14)7-6-10(11(15)8-12)9-4-2-1-3-5-9/h1-7H,8H2. The highest BCUT2D eigenvalue weighted by atomic mass is 127. The van der Waals surface area contributed by atoms with Gasteiger partial charge in [0.05, 0.1) is 0 Å². The zero-order valence-electron chi connectivity index (χ0n) is 7.88. The quantitative estimate of drug-likeness (QED) is 0.672. The van der Waals surface area contributed by atoms with Gasteiger partial charge in [0.2, 0.25) is 0 Å². The molecule has 1 aromatic carbocycles. The highest BCUT2D eigenvalue weighted by molar-refractivity contribution is 14.1. The Bertz CT molecular complexity index is 419. The molecule has 0 radical (unpaired) electrons. The van der Waals surface area contributed by atoms with Crippen molar-refractivity contribution >= 4 is 28.2 Å². The maximum absolute atomic E-state index is 13.0. The zero-order chi connectivity index (χ0) is 10.9. The summed E-state index contributed by atoms with van der Waals surface area (Å²) in [5.74, 6) is -2.69. The third-order valence-corrected chi connectivity index (χ3v) is 3.22. The molecule has 0 saturated carbocycles. The maximum Gasteiger partial charge on any atom is 0.271 e. The van der Waals surface area contributed by atoms with Crippen molar-refractivity contribution in [2.45, 2.75) is 12.3 Å². The van der Waals surface area contributed by atoms with Gasteiger partial charge in [-0.1, -0.05) is 36.4 Å². The molecular weight excluding hydrogens is 309 g/mol. The molecule has 0 atom stereocenters. The van der Waals surface area contributed by atoms with Gasteiger partial charge in [0.15, 0.2) is 0 Å². The molecule has 1 aliphatic rings. The summed E-state index contributed by atoms with van der Waals surface area (Å²) in [4.78, 5) is 0. The number of rotatable bonds is 1. The molecule has 0 heterocycles. The van der Waals surface area contributed by atoms with Crippen LogP contribution in [0.15, 0.2) is 46.1 Å². The van der Waals surface area contributed by atoms with Crippen LogP contribution in [0.5, 0.6) is 0 Å². The molecule has 0 spiro atoms. The first kappa shape index (κ1) is 10.8. The second-order valence-corrected chi connectivity index (χ2v) is 4.76. The van der Waals surface area contributed by atoms with E-state index in [1.54, 1.807) is 0 Å². The van der Waals surface area contributed by atoms with Gasteiger partial charge in [-0.3, -0.25) is 0 Å². The van der Waals surface area contributed by atoms with Gasteiger partial charge in [-0.2, -0.15) is 0 Å². The van der Waals surface area contributed by atoms with E-state index in [1.807, 2.05) is 52.9 Å². The highest BCUT2D eigenvalue weighted by Gasteiger charge is 2.30. The van der Waals surface area contributed by atoms with Crippen molar-refractivity contribution in [2.75, 3.05) is 0 Å². The van der Waals surface area contributed by atoms with Crippen LogP contribution in [0.2, 0.25) is 0 Å². The average Bonchev–Trinajstić information content (AvgIpc) is 2.17. The van der Waals surface area contributed by atoms with Crippen molar-refractivity contribution in [1.82, 2.24) is 0 Å². The van der Waals surface area contributed by atoms with E-state index in [0.717, 1.165) is 17.2 Å². The summed E-state index contributed by atoms with van der Waals surface area (Å²) in [5, 5.41) is 0. The molecular formula is C12H9F2I. The van der Waals surface area contributed by atoms with Crippen LogP contribution in [0.1, 0.15) is 12.0 Å². The lowest BCUT2D eigenvalue weighted by molar-refractivity contribution is 0.0574. The molecule has 0 fully saturated rings. The topological polar surface area (TPSA) is 0 Å². The van der Waals surface area contributed by atoms with Crippen molar-refractivity contribution in [3.05, 3.63) is 51.6 Å². The van der Waals surface area contributed by atoms with E-state index in [0.29, 0.717) is 3.58 Å². The normalized spacial score (nSPS) is 19.4. The molecule has 2 rings (SSSR count). The summed E-state index contributed by atoms with van der Waals surface area (Å²) in [6.07, 6.45) is 2.31. The fourth-order valence-corrected chi connectivity index (χ4v) is 2.53. The molecule has 0 aliphatic heterocycles. The average molecular weight is 318 g/mol. The van der Waals surface area contributed by atoms with Crippen LogP contribution in [0.4, 0.5) is 8.78 Å². The van der Waals surface area contributed by atoms with Gasteiger partial charge in [0.1, 0.15) is 0 Å². The van der Waals surface area contributed by atoms with Gasteiger partial charge in [-0.15, -0.1) is 0 Å². The summed E-state index contributed by atoms with van der Waals surface area (Å²) in [6, 6.07) is 9.60. The van der Waals surface area contributed by atoms with Crippen LogP contribution >= 0.6 is 22.6 Å². The Kier molecular flexibility index (Phi) is 2.91. The van der Waals surface area contributed by atoms with Crippen molar-refractivity contribution in [3.8, 4) is 0 Å². The molecule has 0 bridgehead atoms. The Morgan fingerprint density at radius 2 is 1.80 bits per heavy atom. The SMILES string of the molecule is FC1(F)C=CC(c2ccccc2)=C(I)C1. The van der Waals surface area contributed by atoms with Crippen LogP contribution in [-0.4, -0.2) is 5.92 Å². The predicted octanol–water partition coefficient (Wildman–Crippen LogP) is 4.43. The Labute approximate surface area is 101 Å². The van der Waals surface area contributed by atoms with Gasteiger partial charge < -0.3 is 0 Å². The fraction of sp³-hybridized carbons (Fsp3) is 0.167. The van der Waals surface area contributed by atoms with E-state index in [-0.39, 0.29) is 6.42 Å². The molecule has 0 unspecified atom stereocenters. The molecule has 0 N–H and O–H groups in total. The predicted molar refractivity (Wildman–Crippen MR) is 66.1 cm³/mol. The molecule has 0 saturated heterocycles. The highest BCUT2D eigenvalue weighted by Crippen LogP contribution is 2.38. The smallest absolute Gasteiger partial charge is 0.202 e. The Hall–Kier alpha value is -0.710. The molecule has 1 aromatic rings. The van der Waals surface area contributed by atoms with E-state index < -0.39 is 5.92 Å². The van der Waals surface area contributed by atoms with E-state index in [1.165, 1.54) is 6.08 Å². The van der Waals surface area contributed by atoms with Gasteiger partial charge >= 0.3 is 0 Å². The molecule has 0 amide bonds. The molecule has 3 heteroatoms. The van der Waals surface area contributed by atoms with Gasteiger partial charge in [0.25, 0.3) is 5.92 Å². The van der Waals surface area contributed by atoms with Crippen molar-refractivity contribution in [1.29, 1.82) is 0 Å². The second kappa shape index (κ2) is 4.04. The number of allylic oxidation sites excluding steroid dienone is 4. The summed E-state index contributed by atoms with van der Waals surface area (Å²) < 4.78 is 26.8. The fourth-order valence-electron chi connectivity index (χ4n) is 1.53. The third kappa shape index (κ3) is 2.45. The monoisotopic (exact) mass is 318 g/mol. The maximum atomic E-state index is 13.0.